The van der Waals surface area contributed by atoms with Crippen LogP contribution in [0.5, 0.6) is 11.5 Å². The lowest BCUT2D eigenvalue weighted by Gasteiger charge is -2.26. The first-order valence-corrected chi connectivity index (χ1v) is 13.2. The smallest absolute Gasteiger partial charge is 0.264 e. The molecular weight excluding hydrogens is 472 g/mol. The first-order valence-electron chi connectivity index (χ1n) is 10.6. The Bertz CT molecular complexity index is 1170. The highest BCUT2D eigenvalue weighted by atomic mass is 32.2. The topological polar surface area (TPSA) is 84.9 Å². The molecule has 7 nitrogen and oxygen atoms in total. The van der Waals surface area contributed by atoms with Gasteiger partial charge in [-0.3, -0.25) is 9.10 Å². The van der Waals surface area contributed by atoms with Gasteiger partial charge in [0.1, 0.15) is 18.0 Å². The molecule has 0 atom stereocenters. The van der Waals surface area contributed by atoms with Crippen LogP contribution in [0.25, 0.3) is 0 Å². The summed E-state index contributed by atoms with van der Waals surface area (Å²) in [5.41, 5.74) is 1.43. The molecule has 180 valence electrons. The molecule has 3 aromatic carbocycles. The van der Waals surface area contributed by atoms with Gasteiger partial charge in [-0.15, -0.1) is 0 Å². The SMILES string of the molecule is COc1ccc(OC)c(N(CC(=O)NCCSCc2ccccc2)S(=O)(=O)c2ccccc2)c1. The van der Waals surface area contributed by atoms with Crippen molar-refractivity contribution in [2.75, 3.05) is 37.4 Å². The van der Waals surface area contributed by atoms with E-state index in [0.717, 1.165) is 10.1 Å². The number of thioether (sulfide) groups is 1. The molecule has 0 fully saturated rings. The number of anilines is 1. The predicted molar refractivity (Wildman–Crippen MR) is 136 cm³/mol. The van der Waals surface area contributed by atoms with E-state index in [1.165, 1.54) is 31.9 Å². The van der Waals surface area contributed by atoms with Crippen LogP contribution in [0.3, 0.4) is 0 Å². The molecule has 9 heteroatoms. The van der Waals surface area contributed by atoms with Crippen LogP contribution in [-0.2, 0) is 20.6 Å². The summed E-state index contributed by atoms with van der Waals surface area (Å²) in [7, 11) is -1.11. The van der Waals surface area contributed by atoms with Crippen molar-refractivity contribution in [2.45, 2.75) is 10.6 Å². The van der Waals surface area contributed by atoms with E-state index in [2.05, 4.69) is 17.4 Å². The molecule has 0 radical (unpaired) electrons. The Balaban J connectivity index is 1.75. The minimum absolute atomic E-state index is 0.0751. The molecule has 0 bridgehead atoms. The molecule has 3 rings (SSSR count). The van der Waals surface area contributed by atoms with Crippen LogP contribution in [-0.4, -0.2) is 47.4 Å². The lowest BCUT2D eigenvalue weighted by molar-refractivity contribution is -0.119. The summed E-state index contributed by atoms with van der Waals surface area (Å²) in [5, 5.41) is 2.82. The van der Waals surface area contributed by atoms with E-state index in [9.17, 15) is 13.2 Å². The van der Waals surface area contributed by atoms with Crippen molar-refractivity contribution in [3.05, 3.63) is 84.4 Å². The Hall–Kier alpha value is -3.17. The van der Waals surface area contributed by atoms with Crippen LogP contribution in [0.1, 0.15) is 5.56 Å². The summed E-state index contributed by atoms with van der Waals surface area (Å²) in [6.07, 6.45) is 0. The van der Waals surface area contributed by atoms with Crippen LogP contribution in [0, 0.1) is 0 Å². The zero-order valence-corrected chi connectivity index (χ0v) is 20.8. The minimum atomic E-state index is -4.05. The predicted octanol–water partition coefficient (Wildman–Crippen LogP) is 3.95. The molecular formula is C25H28N2O5S2. The maximum absolute atomic E-state index is 13.5. The summed E-state index contributed by atoms with van der Waals surface area (Å²) >= 11 is 1.69. The number of nitrogens with one attached hydrogen (secondary N) is 1. The van der Waals surface area contributed by atoms with Crippen LogP contribution in [0.2, 0.25) is 0 Å². The highest BCUT2D eigenvalue weighted by molar-refractivity contribution is 7.98. The number of rotatable bonds is 12. The van der Waals surface area contributed by atoms with Crippen LogP contribution >= 0.6 is 11.8 Å². The molecule has 1 amide bonds. The molecule has 0 saturated carbocycles. The monoisotopic (exact) mass is 500 g/mol. The number of amides is 1. The Kier molecular flexibility index (Phi) is 9.24. The molecule has 0 aliphatic carbocycles. The van der Waals surface area contributed by atoms with E-state index >= 15 is 0 Å². The van der Waals surface area contributed by atoms with Gasteiger partial charge in [-0.2, -0.15) is 11.8 Å². The number of carbonyl (C=O) groups excluding carboxylic acids is 1. The second kappa shape index (κ2) is 12.3. The van der Waals surface area contributed by atoms with Gasteiger partial charge < -0.3 is 14.8 Å². The normalized spacial score (nSPS) is 11.0. The Morgan fingerprint density at radius 3 is 2.26 bits per heavy atom. The molecule has 0 unspecified atom stereocenters. The van der Waals surface area contributed by atoms with Crippen molar-refractivity contribution in [1.29, 1.82) is 0 Å². The quantitative estimate of drug-likeness (QED) is 0.379. The molecule has 0 aromatic heterocycles. The van der Waals surface area contributed by atoms with Gasteiger partial charge in [-0.25, -0.2) is 8.42 Å². The number of hydrogen-bond donors (Lipinski definition) is 1. The lowest BCUT2D eigenvalue weighted by atomic mass is 10.2. The molecule has 0 saturated heterocycles. The fourth-order valence-corrected chi connectivity index (χ4v) is 5.49. The van der Waals surface area contributed by atoms with Crippen molar-refractivity contribution in [1.82, 2.24) is 5.32 Å². The number of carbonyl (C=O) groups is 1. The summed E-state index contributed by atoms with van der Waals surface area (Å²) < 4.78 is 38.8. The number of nitrogens with zero attached hydrogens (tertiary/aromatic N) is 1. The van der Waals surface area contributed by atoms with Crippen molar-refractivity contribution in [3.8, 4) is 11.5 Å². The van der Waals surface area contributed by atoms with Gasteiger partial charge in [-0.1, -0.05) is 48.5 Å². The average molecular weight is 501 g/mol. The van der Waals surface area contributed by atoms with E-state index in [1.54, 1.807) is 48.2 Å². The van der Waals surface area contributed by atoms with E-state index < -0.39 is 22.5 Å². The summed E-state index contributed by atoms with van der Waals surface area (Å²) in [4.78, 5) is 12.9. The highest BCUT2D eigenvalue weighted by Crippen LogP contribution is 2.35. The third kappa shape index (κ3) is 6.68. The number of ether oxygens (including phenoxy) is 2. The number of methoxy groups -OCH3 is 2. The molecule has 0 aliphatic rings. The van der Waals surface area contributed by atoms with E-state index in [-0.39, 0.29) is 10.6 Å². The maximum Gasteiger partial charge on any atom is 0.264 e. The summed E-state index contributed by atoms with van der Waals surface area (Å²) in [6, 6.07) is 22.9. The van der Waals surface area contributed by atoms with Crippen molar-refractivity contribution in [2.24, 2.45) is 0 Å². The zero-order chi connectivity index (χ0) is 24.4. The summed E-state index contributed by atoms with van der Waals surface area (Å²) in [6.45, 7) is 0.0227. The van der Waals surface area contributed by atoms with Crippen molar-refractivity contribution in [3.63, 3.8) is 0 Å². The van der Waals surface area contributed by atoms with E-state index in [1.807, 2.05) is 18.2 Å². The highest BCUT2D eigenvalue weighted by Gasteiger charge is 2.29. The zero-order valence-electron chi connectivity index (χ0n) is 19.1. The third-order valence-corrected chi connectivity index (χ3v) is 7.76. The standard InChI is InChI=1S/C25H28N2O5S2/c1-31-21-13-14-24(32-2)23(17-21)27(34(29,30)22-11-7-4-8-12-22)18-25(28)26-15-16-33-19-20-9-5-3-6-10-20/h3-14,17H,15-16,18-19H2,1-2H3,(H,26,28). The van der Waals surface area contributed by atoms with Gasteiger partial charge in [-0.05, 0) is 29.8 Å². The van der Waals surface area contributed by atoms with Crippen LogP contribution < -0.4 is 19.1 Å². The van der Waals surface area contributed by atoms with Gasteiger partial charge in [0.25, 0.3) is 10.0 Å². The van der Waals surface area contributed by atoms with Crippen molar-refractivity contribution >= 4 is 33.4 Å². The first kappa shape index (κ1) is 25.5. The average Bonchev–Trinajstić information content (AvgIpc) is 2.87. The second-order valence-corrected chi connectivity index (χ2v) is 10.2. The summed E-state index contributed by atoms with van der Waals surface area (Å²) in [5.74, 6) is 1.89. The van der Waals surface area contributed by atoms with Crippen LogP contribution in [0.4, 0.5) is 5.69 Å². The van der Waals surface area contributed by atoms with Gasteiger partial charge in [0.05, 0.1) is 24.8 Å². The van der Waals surface area contributed by atoms with Gasteiger partial charge in [0, 0.05) is 24.1 Å². The van der Waals surface area contributed by atoms with E-state index in [0.29, 0.717) is 23.8 Å². The fraction of sp³-hybridized carbons (Fsp3) is 0.240. The molecule has 0 spiro atoms. The largest absolute Gasteiger partial charge is 0.497 e. The van der Waals surface area contributed by atoms with Crippen molar-refractivity contribution < 1.29 is 22.7 Å². The Labute approximate surface area is 205 Å². The minimum Gasteiger partial charge on any atom is -0.497 e. The molecule has 0 heterocycles. The molecule has 0 aliphatic heterocycles. The molecule has 1 N–H and O–H groups in total. The van der Waals surface area contributed by atoms with Crippen LogP contribution in [0.15, 0.2) is 83.8 Å². The first-order chi connectivity index (χ1) is 16.5. The number of hydrogen-bond acceptors (Lipinski definition) is 6. The lowest BCUT2D eigenvalue weighted by Crippen LogP contribution is -2.41. The second-order valence-electron chi connectivity index (χ2n) is 7.25. The third-order valence-electron chi connectivity index (χ3n) is 4.95. The maximum atomic E-state index is 13.5. The van der Waals surface area contributed by atoms with E-state index in [4.69, 9.17) is 9.47 Å². The van der Waals surface area contributed by atoms with Gasteiger partial charge >= 0.3 is 0 Å². The Morgan fingerprint density at radius 2 is 1.62 bits per heavy atom. The van der Waals surface area contributed by atoms with Gasteiger partial charge in [0.2, 0.25) is 5.91 Å². The fourth-order valence-electron chi connectivity index (χ4n) is 3.22. The van der Waals surface area contributed by atoms with Gasteiger partial charge in [0.15, 0.2) is 0 Å². The molecule has 3 aromatic rings. The molecule has 34 heavy (non-hydrogen) atoms. The number of sulfonamides is 1. The number of benzene rings is 3. The Morgan fingerprint density at radius 1 is 0.941 bits per heavy atom.